The summed E-state index contributed by atoms with van der Waals surface area (Å²) in [6, 6.07) is 3.74. The number of hydrogen-bond donors (Lipinski definition) is 3. The number of carbonyl (C=O) groups excluding carboxylic acids is 1. The van der Waals surface area contributed by atoms with Crippen molar-refractivity contribution in [2.45, 2.75) is 26.3 Å². The molecule has 0 bridgehead atoms. The number of hydrogen-bond acceptors (Lipinski definition) is 4. The molecule has 0 aliphatic carbocycles. The Kier molecular flexibility index (Phi) is 5.52. The normalized spacial score (nSPS) is 13.4. The monoisotopic (exact) mass is 280 g/mol. The van der Waals surface area contributed by atoms with E-state index in [2.05, 4.69) is 5.32 Å². The molecular weight excluding hydrogens is 260 g/mol. The maximum absolute atomic E-state index is 11.9. The van der Waals surface area contributed by atoms with Crippen molar-refractivity contribution >= 4 is 17.6 Å². The van der Waals surface area contributed by atoms with Gasteiger partial charge >= 0.3 is 5.97 Å². The Balaban J connectivity index is 2.88. The molecule has 4 N–H and O–H groups in total. The molecule has 0 spiro atoms. The fourth-order valence-electron chi connectivity index (χ4n) is 1.68. The smallest absolute Gasteiger partial charge is 0.339 e. The molecule has 0 radical (unpaired) electrons. The molecule has 110 valence electrons. The molecule has 1 aromatic rings. The number of benzene rings is 1. The van der Waals surface area contributed by atoms with Gasteiger partial charge in [0.1, 0.15) is 11.3 Å². The minimum atomic E-state index is -1.09. The largest absolute Gasteiger partial charge is 0.496 e. The van der Waals surface area contributed by atoms with Gasteiger partial charge in [0.2, 0.25) is 5.91 Å². The van der Waals surface area contributed by atoms with Gasteiger partial charge in [-0.1, -0.05) is 20.3 Å². The summed E-state index contributed by atoms with van der Waals surface area (Å²) in [6.45, 7) is 3.86. The Labute approximate surface area is 117 Å². The molecule has 0 aromatic heterocycles. The molecule has 0 saturated heterocycles. The van der Waals surface area contributed by atoms with Gasteiger partial charge in [0.15, 0.2) is 0 Å². The summed E-state index contributed by atoms with van der Waals surface area (Å²) in [7, 11) is 1.37. The van der Waals surface area contributed by atoms with E-state index in [-0.39, 0.29) is 23.1 Å². The van der Waals surface area contributed by atoms with Crippen molar-refractivity contribution < 1.29 is 19.4 Å². The summed E-state index contributed by atoms with van der Waals surface area (Å²) >= 11 is 0. The summed E-state index contributed by atoms with van der Waals surface area (Å²) in [4.78, 5) is 22.9. The first-order chi connectivity index (χ1) is 9.40. The number of nitrogens with one attached hydrogen (secondary N) is 1. The molecule has 0 saturated carbocycles. The first-order valence-electron chi connectivity index (χ1n) is 6.38. The minimum Gasteiger partial charge on any atom is -0.496 e. The fraction of sp³-hybridized carbons (Fsp3) is 0.429. The third-order valence-electron chi connectivity index (χ3n) is 3.26. The highest BCUT2D eigenvalue weighted by Crippen LogP contribution is 2.23. The SMILES string of the molecule is CCC(C)[C@H](N)C(=O)Nc1ccc(C(=O)O)c(OC)c1. The van der Waals surface area contributed by atoms with E-state index in [0.717, 1.165) is 6.42 Å². The molecule has 6 heteroatoms. The number of amides is 1. The Morgan fingerprint density at radius 3 is 2.60 bits per heavy atom. The second-order valence-electron chi connectivity index (χ2n) is 4.62. The second kappa shape index (κ2) is 6.91. The molecule has 20 heavy (non-hydrogen) atoms. The van der Waals surface area contributed by atoms with Crippen LogP contribution in [0.4, 0.5) is 5.69 Å². The Hall–Kier alpha value is -2.08. The van der Waals surface area contributed by atoms with E-state index in [1.54, 1.807) is 0 Å². The van der Waals surface area contributed by atoms with Crippen LogP contribution in [0.25, 0.3) is 0 Å². The first-order valence-corrected chi connectivity index (χ1v) is 6.38. The van der Waals surface area contributed by atoms with Crippen LogP contribution in [0, 0.1) is 5.92 Å². The minimum absolute atomic E-state index is 0.0386. The Morgan fingerprint density at radius 2 is 2.10 bits per heavy atom. The van der Waals surface area contributed by atoms with E-state index in [0.29, 0.717) is 5.69 Å². The second-order valence-corrected chi connectivity index (χ2v) is 4.62. The van der Waals surface area contributed by atoms with Gasteiger partial charge in [-0.3, -0.25) is 4.79 Å². The van der Waals surface area contributed by atoms with Crippen molar-refractivity contribution in [3.63, 3.8) is 0 Å². The van der Waals surface area contributed by atoms with Crippen molar-refractivity contribution in [2.24, 2.45) is 11.7 Å². The highest BCUT2D eigenvalue weighted by atomic mass is 16.5. The van der Waals surface area contributed by atoms with Gasteiger partial charge in [-0.25, -0.2) is 4.79 Å². The molecule has 0 aliphatic rings. The van der Waals surface area contributed by atoms with Crippen LogP contribution in [0.15, 0.2) is 18.2 Å². The molecule has 1 amide bonds. The molecule has 1 unspecified atom stereocenters. The third kappa shape index (κ3) is 3.71. The average Bonchev–Trinajstić information content (AvgIpc) is 2.44. The average molecular weight is 280 g/mol. The Bertz CT molecular complexity index is 502. The molecule has 1 rings (SSSR count). The lowest BCUT2D eigenvalue weighted by Crippen LogP contribution is -2.40. The molecule has 0 aliphatic heterocycles. The van der Waals surface area contributed by atoms with Crippen LogP contribution in [0.3, 0.4) is 0 Å². The standard InChI is InChI=1S/C14H20N2O4/c1-4-8(2)12(15)13(17)16-9-5-6-10(14(18)19)11(7-9)20-3/h5-8,12H,4,15H2,1-3H3,(H,16,17)(H,18,19)/t8?,12-/m0/s1. The van der Waals surface area contributed by atoms with Crippen LogP contribution >= 0.6 is 0 Å². The lowest BCUT2D eigenvalue weighted by atomic mass is 9.99. The number of methoxy groups -OCH3 is 1. The van der Waals surface area contributed by atoms with Crippen molar-refractivity contribution in [3.8, 4) is 5.75 Å². The number of rotatable bonds is 6. The zero-order valence-electron chi connectivity index (χ0n) is 11.8. The van der Waals surface area contributed by atoms with Crippen LogP contribution in [-0.2, 0) is 4.79 Å². The molecule has 1 aromatic carbocycles. The van der Waals surface area contributed by atoms with Crippen LogP contribution in [0.2, 0.25) is 0 Å². The lowest BCUT2D eigenvalue weighted by Gasteiger charge is -2.18. The third-order valence-corrected chi connectivity index (χ3v) is 3.26. The number of carboxylic acid groups (broad SMARTS) is 1. The predicted octanol–water partition coefficient (Wildman–Crippen LogP) is 1.71. The summed E-state index contributed by atoms with van der Waals surface area (Å²) in [5.74, 6) is -1.14. The Morgan fingerprint density at radius 1 is 1.45 bits per heavy atom. The summed E-state index contributed by atoms with van der Waals surface area (Å²) in [5, 5.41) is 11.6. The molecule has 0 fully saturated rings. The van der Waals surface area contributed by atoms with Crippen molar-refractivity contribution in [1.29, 1.82) is 0 Å². The predicted molar refractivity (Wildman–Crippen MR) is 76.0 cm³/mol. The van der Waals surface area contributed by atoms with Crippen molar-refractivity contribution in [2.75, 3.05) is 12.4 Å². The number of nitrogens with two attached hydrogens (primary N) is 1. The highest BCUT2D eigenvalue weighted by molar-refractivity contribution is 5.96. The van der Waals surface area contributed by atoms with Crippen LogP contribution < -0.4 is 15.8 Å². The van der Waals surface area contributed by atoms with Gasteiger partial charge < -0.3 is 20.9 Å². The van der Waals surface area contributed by atoms with Gasteiger partial charge in [0.05, 0.1) is 13.2 Å². The van der Waals surface area contributed by atoms with E-state index >= 15 is 0 Å². The summed E-state index contributed by atoms with van der Waals surface area (Å²) in [5.41, 5.74) is 6.32. The van der Waals surface area contributed by atoms with Crippen LogP contribution in [0.5, 0.6) is 5.75 Å². The van der Waals surface area contributed by atoms with E-state index < -0.39 is 12.0 Å². The number of aromatic carboxylic acids is 1. The fourth-order valence-corrected chi connectivity index (χ4v) is 1.68. The van der Waals surface area contributed by atoms with Crippen molar-refractivity contribution in [1.82, 2.24) is 0 Å². The van der Waals surface area contributed by atoms with Crippen molar-refractivity contribution in [3.05, 3.63) is 23.8 Å². The maximum atomic E-state index is 11.9. The van der Waals surface area contributed by atoms with Gasteiger partial charge in [-0.15, -0.1) is 0 Å². The van der Waals surface area contributed by atoms with E-state index in [1.165, 1.54) is 25.3 Å². The van der Waals surface area contributed by atoms with E-state index in [1.807, 2.05) is 13.8 Å². The molecule has 0 heterocycles. The van der Waals surface area contributed by atoms with Gasteiger partial charge in [0.25, 0.3) is 0 Å². The number of ether oxygens (including phenoxy) is 1. The van der Waals surface area contributed by atoms with Gasteiger partial charge in [-0.2, -0.15) is 0 Å². The highest BCUT2D eigenvalue weighted by Gasteiger charge is 2.20. The summed E-state index contributed by atoms with van der Waals surface area (Å²) < 4.78 is 4.99. The number of carbonyl (C=O) groups is 2. The van der Waals surface area contributed by atoms with Crippen LogP contribution in [-0.4, -0.2) is 30.1 Å². The van der Waals surface area contributed by atoms with Gasteiger partial charge in [-0.05, 0) is 18.1 Å². The van der Waals surface area contributed by atoms with E-state index in [4.69, 9.17) is 15.6 Å². The molecular formula is C14H20N2O4. The van der Waals surface area contributed by atoms with Gasteiger partial charge in [0, 0.05) is 11.8 Å². The maximum Gasteiger partial charge on any atom is 0.339 e. The first kappa shape index (κ1) is 16.0. The molecule has 6 nitrogen and oxygen atoms in total. The number of carboxylic acids is 1. The lowest BCUT2D eigenvalue weighted by molar-refractivity contribution is -0.118. The zero-order chi connectivity index (χ0) is 15.3. The summed E-state index contributed by atoms with van der Waals surface area (Å²) in [6.07, 6.45) is 0.801. The van der Waals surface area contributed by atoms with Crippen LogP contribution in [0.1, 0.15) is 30.6 Å². The number of anilines is 1. The topological polar surface area (TPSA) is 102 Å². The van der Waals surface area contributed by atoms with E-state index in [9.17, 15) is 9.59 Å². The molecule has 2 atom stereocenters. The zero-order valence-corrected chi connectivity index (χ0v) is 11.8. The quantitative estimate of drug-likeness (QED) is 0.736.